The molecule has 0 radical (unpaired) electrons. The topological polar surface area (TPSA) is 26.0 Å². The van der Waals surface area contributed by atoms with Crippen LogP contribution in [0.3, 0.4) is 0 Å². The molecule has 0 bridgehead atoms. The number of halogens is 2. The van der Waals surface area contributed by atoms with Crippen molar-refractivity contribution in [2.75, 3.05) is 6.54 Å². The smallest absolute Gasteiger partial charge is 0.144 e. The van der Waals surface area contributed by atoms with Crippen LogP contribution in [0.25, 0.3) is 0 Å². The Bertz CT molecular complexity index is 372. The number of benzene rings is 1. The van der Waals surface area contributed by atoms with Crippen LogP contribution in [-0.2, 0) is 5.41 Å². The molecule has 76 valence electrons. The molecule has 0 amide bonds. The molecule has 0 spiro atoms. The lowest BCUT2D eigenvalue weighted by Crippen LogP contribution is -2.21. The average Bonchev–Trinajstić information content (AvgIpc) is 2.95. The van der Waals surface area contributed by atoms with Crippen molar-refractivity contribution in [3.8, 4) is 0 Å². The van der Waals surface area contributed by atoms with Crippen molar-refractivity contribution in [1.82, 2.24) is 0 Å². The van der Waals surface area contributed by atoms with Gasteiger partial charge in [0.1, 0.15) is 5.82 Å². The van der Waals surface area contributed by atoms with Crippen molar-refractivity contribution in [3.63, 3.8) is 0 Å². The fourth-order valence-electron chi connectivity index (χ4n) is 1.96. The van der Waals surface area contributed by atoms with Crippen molar-refractivity contribution < 1.29 is 4.39 Å². The highest BCUT2D eigenvalue weighted by molar-refractivity contribution is 6.30. The molecule has 0 unspecified atom stereocenters. The van der Waals surface area contributed by atoms with E-state index in [0.29, 0.717) is 12.1 Å². The number of hydrogen-bond donors (Lipinski definition) is 1. The lowest BCUT2D eigenvalue weighted by molar-refractivity contribution is 0.604. The largest absolute Gasteiger partial charge is 0.330 e. The van der Waals surface area contributed by atoms with Gasteiger partial charge in [-0.05, 0) is 37.0 Å². The molecule has 0 heterocycles. The Morgan fingerprint density at radius 2 is 2.14 bits per heavy atom. The molecule has 0 saturated heterocycles. The number of hydrogen-bond acceptors (Lipinski definition) is 1. The summed E-state index contributed by atoms with van der Waals surface area (Å²) in [5, 5.41) is 0.194. The van der Waals surface area contributed by atoms with Crippen molar-refractivity contribution >= 4 is 11.6 Å². The summed E-state index contributed by atoms with van der Waals surface area (Å²) in [7, 11) is 0. The summed E-state index contributed by atoms with van der Waals surface area (Å²) < 4.78 is 13.5. The summed E-state index contributed by atoms with van der Waals surface area (Å²) in [4.78, 5) is 0. The van der Waals surface area contributed by atoms with Gasteiger partial charge in [-0.2, -0.15) is 0 Å². The molecule has 2 N–H and O–H groups in total. The maximum atomic E-state index is 13.5. The van der Waals surface area contributed by atoms with Crippen LogP contribution in [0.15, 0.2) is 12.1 Å². The van der Waals surface area contributed by atoms with E-state index in [9.17, 15) is 4.39 Å². The summed E-state index contributed by atoms with van der Waals surface area (Å²) >= 11 is 5.69. The summed E-state index contributed by atoms with van der Waals surface area (Å²) in [5.74, 6) is -0.302. The summed E-state index contributed by atoms with van der Waals surface area (Å²) in [6.45, 7) is 2.36. The zero-order valence-electron chi connectivity index (χ0n) is 8.11. The molecular weight excluding hydrogens is 201 g/mol. The van der Waals surface area contributed by atoms with Gasteiger partial charge in [-0.25, -0.2) is 4.39 Å². The molecule has 1 aliphatic rings. The minimum atomic E-state index is -0.302. The molecule has 3 heteroatoms. The molecule has 2 rings (SSSR count). The fourth-order valence-corrected chi connectivity index (χ4v) is 2.17. The van der Waals surface area contributed by atoms with E-state index >= 15 is 0 Å². The van der Waals surface area contributed by atoms with Crippen molar-refractivity contribution in [2.45, 2.75) is 25.2 Å². The lowest BCUT2D eigenvalue weighted by atomic mass is 9.92. The second kappa shape index (κ2) is 3.21. The Morgan fingerprint density at radius 3 is 2.64 bits per heavy atom. The number of nitrogens with two attached hydrogens (primary N) is 1. The van der Waals surface area contributed by atoms with Gasteiger partial charge >= 0.3 is 0 Å². The zero-order chi connectivity index (χ0) is 10.3. The average molecular weight is 214 g/mol. The Hall–Kier alpha value is -0.600. The van der Waals surface area contributed by atoms with Crippen LogP contribution in [0, 0.1) is 12.7 Å². The van der Waals surface area contributed by atoms with E-state index in [4.69, 9.17) is 17.3 Å². The lowest BCUT2D eigenvalue weighted by Gasteiger charge is -2.16. The van der Waals surface area contributed by atoms with E-state index in [1.54, 1.807) is 13.0 Å². The van der Waals surface area contributed by atoms with Gasteiger partial charge in [0.2, 0.25) is 0 Å². The van der Waals surface area contributed by atoms with Crippen LogP contribution in [0.4, 0.5) is 4.39 Å². The molecule has 1 nitrogen and oxygen atoms in total. The standard InChI is InChI=1S/C11H13ClFN/c1-7-8(11(6-14)4-5-11)2-3-9(12)10(7)13/h2-3H,4-6,14H2,1H3. The van der Waals surface area contributed by atoms with Crippen LogP contribution in [0.2, 0.25) is 5.02 Å². The van der Waals surface area contributed by atoms with Gasteiger partial charge in [-0.15, -0.1) is 0 Å². The first kappa shape index (κ1) is 9.94. The number of rotatable bonds is 2. The Balaban J connectivity index is 2.50. The van der Waals surface area contributed by atoms with Gasteiger partial charge in [-0.3, -0.25) is 0 Å². The van der Waals surface area contributed by atoms with Gasteiger partial charge in [-0.1, -0.05) is 17.7 Å². The van der Waals surface area contributed by atoms with Gasteiger partial charge in [0.15, 0.2) is 0 Å². The van der Waals surface area contributed by atoms with Crippen molar-refractivity contribution in [1.29, 1.82) is 0 Å². The molecule has 1 aromatic carbocycles. The zero-order valence-corrected chi connectivity index (χ0v) is 8.87. The molecule has 1 aliphatic carbocycles. The molecule has 1 fully saturated rings. The van der Waals surface area contributed by atoms with Gasteiger partial charge < -0.3 is 5.73 Å². The molecule has 0 aromatic heterocycles. The molecular formula is C11H13ClFN. The van der Waals surface area contributed by atoms with E-state index in [1.165, 1.54) is 0 Å². The summed E-state index contributed by atoms with van der Waals surface area (Å²) in [6.07, 6.45) is 2.12. The van der Waals surface area contributed by atoms with E-state index < -0.39 is 0 Å². The van der Waals surface area contributed by atoms with Crippen LogP contribution in [0.1, 0.15) is 24.0 Å². The van der Waals surface area contributed by atoms with E-state index in [1.807, 2.05) is 6.07 Å². The predicted octanol–water partition coefficient (Wildman–Crippen LogP) is 2.78. The van der Waals surface area contributed by atoms with E-state index in [-0.39, 0.29) is 16.3 Å². The van der Waals surface area contributed by atoms with Crippen LogP contribution >= 0.6 is 11.6 Å². The van der Waals surface area contributed by atoms with E-state index in [0.717, 1.165) is 18.4 Å². The minimum absolute atomic E-state index is 0.0372. The first-order chi connectivity index (χ1) is 6.60. The van der Waals surface area contributed by atoms with Gasteiger partial charge in [0.25, 0.3) is 0 Å². The van der Waals surface area contributed by atoms with Crippen LogP contribution in [-0.4, -0.2) is 6.54 Å². The second-order valence-corrected chi connectivity index (χ2v) is 4.43. The SMILES string of the molecule is Cc1c(C2(CN)CC2)ccc(Cl)c1F. The highest BCUT2D eigenvalue weighted by Gasteiger charge is 2.44. The summed E-state index contributed by atoms with van der Waals surface area (Å²) in [5.41, 5.74) is 7.42. The normalized spacial score (nSPS) is 18.3. The molecule has 0 aliphatic heterocycles. The predicted molar refractivity (Wildman–Crippen MR) is 56.1 cm³/mol. The van der Waals surface area contributed by atoms with Crippen molar-refractivity contribution in [3.05, 3.63) is 34.1 Å². The third-order valence-corrected chi connectivity index (χ3v) is 3.45. The Labute approximate surface area is 88.1 Å². The van der Waals surface area contributed by atoms with Crippen LogP contribution < -0.4 is 5.73 Å². The highest BCUT2D eigenvalue weighted by atomic mass is 35.5. The summed E-state index contributed by atoms with van der Waals surface area (Å²) in [6, 6.07) is 3.52. The first-order valence-electron chi connectivity index (χ1n) is 4.76. The fraction of sp³-hybridized carbons (Fsp3) is 0.455. The third-order valence-electron chi connectivity index (χ3n) is 3.15. The van der Waals surface area contributed by atoms with Crippen molar-refractivity contribution in [2.24, 2.45) is 5.73 Å². The first-order valence-corrected chi connectivity index (χ1v) is 5.14. The van der Waals surface area contributed by atoms with Gasteiger partial charge in [0.05, 0.1) is 5.02 Å². The highest BCUT2D eigenvalue weighted by Crippen LogP contribution is 2.49. The maximum absolute atomic E-state index is 13.5. The minimum Gasteiger partial charge on any atom is -0.330 e. The monoisotopic (exact) mass is 213 g/mol. The van der Waals surface area contributed by atoms with Gasteiger partial charge in [0, 0.05) is 12.0 Å². The van der Waals surface area contributed by atoms with Crippen LogP contribution in [0.5, 0.6) is 0 Å². The molecule has 0 atom stereocenters. The molecule has 1 saturated carbocycles. The quantitative estimate of drug-likeness (QED) is 0.804. The molecule has 1 aromatic rings. The second-order valence-electron chi connectivity index (χ2n) is 4.02. The molecule has 14 heavy (non-hydrogen) atoms. The van der Waals surface area contributed by atoms with E-state index in [2.05, 4.69) is 0 Å². The maximum Gasteiger partial charge on any atom is 0.144 e. The third kappa shape index (κ3) is 1.33. The Kier molecular flexibility index (Phi) is 2.28. The Morgan fingerprint density at radius 1 is 1.50 bits per heavy atom.